The van der Waals surface area contributed by atoms with Crippen molar-refractivity contribution in [2.24, 2.45) is 5.10 Å². The van der Waals surface area contributed by atoms with Crippen molar-refractivity contribution in [3.05, 3.63) is 59.7 Å². The van der Waals surface area contributed by atoms with Crippen molar-refractivity contribution in [2.45, 2.75) is 38.0 Å². The standard InChI is InChI=1S/C19H22N2O4S/c1-3-4-5-19(22)21-20-14-16-8-10-17(11-9-16)25-26(23,24)18-12-6-15(2)7-13-18/h6-14H,3-5H2,1-2H3,(H,21,22)/b20-14+. The first-order chi connectivity index (χ1) is 12.4. The van der Waals surface area contributed by atoms with Crippen molar-refractivity contribution in [1.82, 2.24) is 5.43 Å². The third-order valence-electron chi connectivity index (χ3n) is 3.56. The third-order valence-corrected chi connectivity index (χ3v) is 4.82. The number of nitrogens with zero attached hydrogens (tertiary/aromatic N) is 1. The Kier molecular flexibility index (Phi) is 6.91. The minimum Gasteiger partial charge on any atom is -0.379 e. The molecule has 0 atom stereocenters. The molecule has 2 rings (SSSR count). The highest BCUT2D eigenvalue weighted by atomic mass is 32.2. The van der Waals surface area contributed by atoms with Gasteiger partial charge in [-0.05, 0) is 55.3 Å². The molecule has 1 N–H and O–H groups in total. The molecule has 1 amide bonds. The van der Waals surface area contributed by atoms with Gasteiger partial charge >= 0.3 is 10.1 Å². The van der Waals surface area contributed by atoms with Crippen LogP contribution in [-0.4, -0.2) is 20.5 Å². The van der Waals surface area contributed by atoms with Gasteiger partial charge in [0.2, 0.25) is 5.91 Å². The minimum atomic E-state index is -3.87. The molecular weight excluding hydrogens is 352 g/mol. The summed E-state index contributed by atoms with van der Waals surface area (Å²) in [7, 11) is -3.87. The van der Waals surface area contributed by atoms with E-state index in [1.54, 1.807) is 24.3 Å². The van der Waals surface area contributed by atoms with E-state index in [0.29, 0.717) is 12.0 Å². The molecule has 0 aliphatic carbocycles. The van der Waals surface area contributed by atoms with E-state index < -0.39 is 10.1 Å². The van der Waals surface area contributed by atoms with Crippen molar-refractivity contribution >= 4 is 22.2 Å². The van der Waals surface area contributed by atoms with Crippen molar-refractivity contribution in [1.29, 1.82) is 0 Å². The quantitative estimate of drug-likeness (QED) is 0.436. The fraction of sp³-hybridized carbons (Fsp3) is 0.263. The number of carbonyl (C=O) groups excluding carboxylic acids is 1. The van der Waals surface area contributed by atoms with Crippen molar-refractivity contribution in [3.63, 3.8) is 0 Å². The summed E-state index contributed by atoms with van der Waals surface area (Å²) in [5.41, 5.74) is 4.12. The molecule has 2 aromatic rings. The van der Waals surface area contributed by atoms with Gasteiger partial charge in [-0.3, -0.25) is 4.79 Å². The fourth-order valence-electron chi connectivity index (χ4n) is 2.06. The molecule has 0 radical (unpaired) electrons. The summed E-state index contributed by atoms with van der Waals surface area (Å²) in [5, 5.41) is 3.87. The van der Waals surface area contributed by atoms with E-state index >= 15 is 0 Å². The number of benzene rings is 2. The van der Waals surface area contributed by atoms with Crippen LogP contribution in [-0.2, 0) is 14.9 Å². The van der Waals surface area contributed by atoms with E-state index in [9.17, 15) is 13.2 Å². The zero-order valence-electron chi connectivity index (χ0n) is 14.8. The summed E-state index contributed by atoms with van der Waals surface area (Å²) in [6.07, 6.45) is 3.70. The molecule has 2 aromatic carbocycles. The Morgan fingerprint density at radius 2 is 1.77 bits per heavy atom. The summed E-state index contributed by atoms with van der Waals surface area (Å²) >= 11 is 0. The second-order valence-corrected chi connectivity index (χ2v) is 7.36. The number of nitrogens with one attached hydrogen (secondary N) is 1. The van der Waals surface area contributed by atoms with Crippen LogP contribution in [0, 0.1) is 6.92 Å². The number of aryl methyl sites for hydroxylation is 1. The van der Waals surface area contributed by atoms with E-state index in [1.807, 2.05) is 13.8 Å². The second-order valence-electron chi connectivity index (χ2n) is 5.82. The summed E-state index contributed by atoms with van der Waals surface area (Å²) in [6.45, 7) is 3.89. The van der Waals surface area contributed by atoms with Gasteiger partial charge in [-0.1, -0.05) is 31.0 Å². The molecule has 0 heterocycles. The van der Waals surface area contributed by atoms with Crippen LogP contribution in [0.5, 0.6) is 5.75 Å². The van der Waals surface area contributed by atoms with E-state index in [-0.39, 0.29) is 16.6 Å². The van der Waals surface area contributed by atoms with Crippen LogP contribution >= 0.6 is 0 Å². The first-order valence-electron chi connectivity index (χ1n) is 8.34. The van der Waals surface area contributed by atoms with Gasteiger partial charge in [-0.25, -0.2) is 5.43 Å². The normalized spacial score (nSPS) is 11.5. The lowest BCUT2D eigenvalue weighted by atomic mass is 10.2. The van der Waals surface area contributed by atoms with E-state index in [1.165, 1.54) is 30.5 Å². The molecule has 0 aliphatic heterocycles. The maximum absolute atomic E-state index is 12.2. The Balaban J connectivity index is 1.96. The van der Waals surface area contributed by atoms with Crippen LogP contribution in [0.2, 0.25) is 0 Å². The van der Waals surface area contributed by atoms with Crippen LogP contribution < -0.4 is 9.61 Å². The van der Waals surface area contributed by atoms with E-state index in [0.717, 1.165) is 18.4 Å². The van der Waals surface area contributed by atoms with Gasteiger partial charge in [0.15, 0.2) is 0 Å². The Labute approximate surface area is 154 Å². The highest BCUT2D eigenvalue weighted by Gasteiger charge is 2.16. The SMILES string of the molecule is CCCCC(=O)N/N=C/c1ccc(OS(=O)(=O)c2ccc(C)cc2)cc1. The van der Waals surface area contributed by atoms with Gasteiger partial charge in [-0.15, -0.1) is 0 Å². The molecule has 0 fully saturated rings. The molecule has 0 aromatic heterocycles. The molecule has 7 heteroatoms. The Hall–Kier alpha value is -2.67. The maximum atomic E-state index is 12.2. The summed E-state index contributed by atoms with van der Waals surface area (Å²) in [4.78, 5) is 11.5. The average molecular weight is 374 g/mol. The molecular formula is C19H22N2O4S. The monoisotopic (exact) mass is 374 g/mol. The lowest BCUT2D eigenvalue weighted by Gasteiger charge is -2.07. The van der Waals surface area contributed by atoms with Gasteiger partial charge in [0, 0.05) is 6.42 Å². The lowest BCUT2D eigenvalue weighted by molar-refractivity contribution is -0.121. The number of hydrazone groups is 1. The molecule has 0 spiro atoms. The van der Waals surface area contributed by atoms with Crippen LogP contribution in [0.25, 0.3) is 0 Å². The van der Waals surface area contributed by atoms with Crippen LogP contribution in [0.4, 0.5) is 0 Å². The van der Waals surface area contributed by atoms with Gasteiger partial charge in [-0.2, -0.15) is 13.5 Å². The Morgan fingerprint density at radius 1 is 1.12 bits per heavy atom. The highest BCUT2D eigenvalue weighted by molar-refractivity contribution is 7.87. The van der Waals surface area contributed by atoms with Gasteiger partial charge in [0.05, 0.1) is 6.21 Å². The molecule has 0 unspecified atom stereocenters. The van der Waals surface area contributed by atoms with E-state index in [2.05, 4.69) is 10.5 Å². The number of hydrogen-bond acceptors (Lipinski definition) is 5. The zero-order valence-corrected chi connectivity index (χ0v) is 15.6. The molecule has 6 nitrogen and oxygen atoms in total. The summed E-state index contributed by atoms with van der Waals surface area (Å²) in [6, 6.07) is 12.8. The van der Waals surface area contributed by atoms with Crippen molar-refractivity contribution < 1.29 is 17.4 Å². The second kappa shape index (κ2) is 9.15. The fourth-order valence-corrected chi connectivity index (χ4v) is 2.99. The summed E-state index contributed by atoms with van der Waals surface area (Å²) < 4.78 is 29.6. The predicted molar refractivity (Wildman–Crippen MR) is 101 cm³/mol. The van der Waals surface area contributed by atoms with Gasteiger partial charge < -0.3 is 4.18 Å². The molecule has 0 saturated heterocycles. The van der Waals surface area contributed by atoms with Crippen molar-refractivity contribution in [3.8, 4) is 5.75 Å². The van der Waals surface area contributed by atoms with Crippen LogP contribution in [0.3, 0.4) is 0 Å². The lowest BCUT2D eigenvalue weighted by Crippen LogP contribution is -2.16. The third kappa shape index (κ3) is 6.00. The van der Waals surface area contributed by atoms with E-state index in [4.69, 9.17) is 4.18 Å². The summed E-state index contributed by atoms with van der Waals surface area (Å²) in [5.74, 6) is 0.0713. The molecule has 0 saturated carbocycles. The molecule has 0 bridgehead atoms. The Bertz CT molecular complexity index is 857. The van der Waals surface area contributed by atoms with Crippen LogP contribution in [0.1, 0.15) is 37.3 Å². The average Bonchev–Trinajstić information content (AvgIpc) is 2.61. The molecule has 26 heavy (non-hydrogen) atoms. The first kappa shape index (κ1) is 19.7. The zero-order chi connectivity index (χ0) is 19.0. The number of rotatable bonds is 8. The Morgan fingerprint density at radius 3 is 2.38 bits per heavy atom. The predicted octanol–water partition coefficient (Wildman–Crippen LogP) is 3.40. The minimum absolute atomic E-state index is 0.100. The number of hydrogen-bond donors (Lipinski definition) is 1. The topological polar surface area (TPSA) is 84.8 Å². The number of carbonyl (C=O) groups is 1. The van der Waals surface area contributed by atoms with Crippen LogP contribution in [0.15, 0.2) is 58.5 Å². The smallest absolute Gasteiger partial charge is 0.339 e. The number of unbranched alkanes of at least 4 members (excludes halogenated alkanes) is 1. The largest absolute Gasteiger partial charge is 0.379 e. The number of amides is 1. The molecule has 138 valence electrons. The van der Waals surface area contributed by atoms with Gasteiger partial charge in [0.1, 0.15) is 10.6 Å². The van der Waals surface area contributed by atoms with Gasteiger partial charge in [0.25, 0.3) is 0 Å². The molecule has 0 aliphatic rings. The first-order valence-corrected chi connectivity index (χ1v) is 9.74. The maximum Gasteiger partial charge on any atom is 0.339 e. The highest BCUT2D eigenvalue weighted by Crippen LogP contribution is 2.19. The van der Waals surface area contributed by atoms with Crippen molar-refractivity contribution in [2.75, 3.05) is 0 Å².